The van der Waals surface area contributed by atoms with E-state index in [1.807, 2.05) is 6.07 Å². The van der Waals surface area contributed by atoms with Crippen LogP contribution in [0.25, 0.3) is 0 Å². The highest BCUT2D eigenvalue weighted by Crippen LogP contribution is 2.15. The van der Waals surface area contributed by atoms with Crippen molar-refractivity contribution in [1.82, 2.24) is 9.97 Å². The van der Waals surface area contributed by atoms with Crippen LogP contribution in [0.4, 0.5) is 11.6 Å². The Labute approximate surface area is 103 Å². The number of nitrogens with one attached hydrogen (secondary N) is 2. The van der Waals surface area contributed by atoms with Crippen LogP contribution < -0.4 is 16.4 Å². The van der Waals surface area contributed by atoms with Crippen molar-refractivity contribution >= 4 is 11.6 Å². The van der Waals surface area contributed by atoms with Crippen LogP contribution >= 0.6 is 0 Å². The smallest absolute Gasteiger partial charge is 0.131 e. The van der Waals surface area contributed by atoms with E-state index >= 15 is 0 Å². The van der Waals surface area contributed by atoms with Crippen LogP contribution in [0, 0.1) is 5.41 Å². The first-order chi connectivity index (χ1) is 8.07. The number of nitrogens with zero attached hydrogens (tertiary/aromatic N) is 2. The van der Waals surface area contributed by atoms with Crippen LogP contribution in [0.5, 0.6) is 0 Å². The number of anilines is 2. The summed E-state index contributed by atoms with van der Waals surface area (Å²) < 4.78 is 0. The van der Waals surface area contributed by atoms with E-state index in [1.165, 1.54) is 6.33 Å². The Morgan fingerprint density at radius 3 is 2.59 bits per heavy atom. The number of aromatic nitrogens is 2. The summed E-state index contributed by atoms with van der Waals surface area (Å²) in [5.41, 5.74) is 5.73. The Bertz CT molecular complexity index is 362. The van der Waals surface area contributed by atoms with Crippen LogP contribution in [0.2, 0.25) is 0 Å². The zero-order chi connectivity index (χ0) is 12.7. The molecule has 0 atom stereocenters. The summed E-state index contributed by atoms with van der Waals surface area (Å²) in [6.45, 7) is 9.96. The molecule has 1 aromatic rings. The zero-order valence-electron chi connectivity index (χ0n) is 10.5. The number of nitrogens with two attached hydrogens (primary N) is 1. The highest BCUT2D eigenvalue weighted by Gasteiger charge is 2.15. The van der Waals surface area contributed by atoms with E-state index in [9.17, 15) is 0 Å². The molecule has 0 aromatic carbocycles. The lowest BCUT2D eigenvalue weighted by atomic mass is 9.94. The third-order valence-corrected chi connectivity index (χ3v) is 2.40. The van der Waals surface area contributed by atoms with Crippen LogP contribution in [0.1, 0.15) is 13.8 Å². The first-order valence-electron chi connectivity index (χ1n) is 5.68. The van der Waals surface area contributed by atoms with Crippen molar-refractivity contribution in [1.29, 1.82) is 0 Å². The predicted molar refractivity (Wildman–Crippen MR) is 72.0 cm³/mol. The number of hydrogen-bond donors (Lipinski definition) is 3. The molecule has 1 heterocycles. The van der Waals surface area contributed by atoms with Crippen molar-refractivity contribution in [3.05, 3.63) is 25.0 Å². The summed E-state index contributed by atoms with van der Waals surface area (Å²) in [6.07, 6.45) is 3.32. The minimum Gasteiger partial charge on any atom is -0.369 e. The maximum Gasteiger partial charge on any atom is 0.131 e. The lowest BCUT2D eigenvalue weighted by Crippen LogP contribution is -2.31. The lowest BCUT2D eigenvalue weighted by molar-refractivity contribution is 0.405. The Kier molecular flexibility index (Phi) is 4.90. The van der Waals surface area contributed by atoms with Crippen molar-refractivity contribution in [2.45, 2.75) is 13.8 Å². The molecule has 0 unspecified atom stereocenters. The van der Waals surface area contributed by atoms with Gasteiger partial charge in [-0.1, -0.05) is 19.9 Å². The van der Waals surface area contributed by atoms with E-state index in [1.54, 1.807) is 6.08 Å². The van der Waals surface area contributed by atoms with Gasteiger partial charge in [-0.05, 0) is 12.0 Å². The molecule has 94 valence electrons. The molecule has 0 bridgehead atoms. The maximum absolute atomic E-state index is 5.67. The number of rotatable bonds is 7. The van der Waals surface area contributed by atoms with Gasteiger partial charge >= 0.3 is 0 Å². The van der Waals surface area contributed by atoms with Gasteiger partial charge in [0.1, 0.15) is 18.0 Å². The summed E-state index contributed by atoms with van der Waals surface area (Å²) in [7, 11) is 0. The molecule has 0 aliphatic rings. The second-order valence-electron chi connectivity index (χ2n) is 4.68. The summed E-state index contributed by atoms with van der Waals surface area (Å²) >= 11 is 0. The average molecular weight is 235 g/mol. The fourth-order valence-electron chi connectivity index (χ4n) is 1.13. The first kappa shape index (κ1) is 13.4. The molecule has 0 saturated heterocycles. The molecule has 0 fully saturated rings. The molecule has 0 amide bonds. The van der Waals surface area contributed by atoms with Gasteiger partial charge in [0, 0.05) is 19.2 Å². The second kappa shape index (κ2) is 6.20. The molecule has 4 N–H and O–H groups in total. The Hall–Kier alpha value is -1.62. The monoisotopic (exact) mass is 235 g/mol. The molecule has 1 aromatic heterocycles. The SMILES string of the molecule is C=CCNc1cc(NCC(C)(C)CN)ncn1. The molecule has 0 saturated carbocycles. The predicted octanol–water partition coefficient (Wildman–Crippen LogP) is 1.47. The molecule has 0 spiro atoms. The van der Waals surface area contributed by atoms with Crippen LogP contribution in [-0.2, 0) is 0 Å². The fraction of sp³-hybridized carbons (Fsp3) is 0.500. The number of hydrogen-bond acceptors (Lipinski definition) is 5. The molecule has 5 heteroatoms. The molecule has 0 aliphatic heterocycles. The normalized spacial score (nSPS) is 11.0. The van der Waals surface area contributed by atoms with Crippen molar-refractivity contribution in [2.75, 3.05) is 30.3 Å². The molecule has 5 nitrogen and oxygen atoms in total. The van der Waals surface area contributed by atoms with Gasteiger partial charge in [-0.3, -0.25) is 0 Å². The van der Waals surface area contributed by atoms with Gasteiger partial charge in [0.2, 0.25) is 0 Å². The Balaban J connectivity index is 2.56. The molecule has 1 rings (SSSR count). The van der Waals surface area contributed by atoms with E-state index in [2.05, 4.69) is 41.0 Å². The minimum absolute atomic E-state index is 0.0552. The van der Waals surface area contributed by atoms with Crippen molar-refractivity contribution < 1.29 is 0 Å². The lowest BCUT2D eigenvalue weighted by Gasteiger charge is -2.22. The summed E-state index contributed by atoms with van der Waals surface area (Å²) in [4.78, 5) is 8.26. The highest BCUT2D eigenvalue weighted by atomic mass is 15.1. The minimum atomic E-state index is 0.0552. The van der Waals surface area contributed by atoms with E-state index in [4.69, 9.17) is 5.73 Å². The van der Waals surface area contributed by atoms with E-state index in [-0.39, 0.29) is 5.41 Å². The van der Waals surface area contributed by atoms with Gasteiger partial charge in [-0.2, -0.15) is 0 Å². The van der Waals surface area contributed by atoms with E-state index in [0.717, 1.165) is 18.2 Å². The fourth-order valence-corrected chi connectivity index (χ4v) is 1.13. The highest BCUT2D eigenvalue weighted by molar-refractivity contribution is 5.46. The van der Waals surface area contributed by atoms with Crippen molar-refractivity contribution in [3.63, 3.8) is 0 Å². The third-order valence-electron chi connectivity index (χ3n) is 2.40. The molecule has 0 aliphatic carbocycles. The van der Waals surface area contributed by atoms with Gasteiger partial charge < -0.3 is 16.4 Å². The van der Waals surface area contributed by atoms with Gasteiger partial charge in [-0.15, -0.1) is 6.58 Å². The van der Waals surface area contributed by atoms with Gasteiger partial charge in [0.25, 0.3) is 0 Å². The topological polar surface area (TPSA) is 75.9 Å². The maximum atomic E-state index is 5.67. The second-order valence-corrected chi connectivity index (χ2v) is 4.68. The molecular formula is C12H21N5. The van der Waals surface area contributed by atoms with Crippen LogP contribution in [0.3, 0.4) is 0 Å². The molecular weight excluding hydrogens is 214 g/mol. The zero-order valence-corrected chi connectivity index (χ0v) is 10.5. The average Bonchev–Trinajstić information content (AvgIpc) is 2.35. The standard InChI is InChI=1S/C12H21N5/c1-4-5-14-10-6-11(17-9-16-10)15-8-12(2,3)7-13/h4,6,9H,1,5,7-8,13H2,2-3H3,(H2,14,15,16,17). The van der Waals surface area contributed by atoms with Gasteiger partial charge in [0.05, 0.1) is 0 Å². The summed E-state index contributed by atoms with van der Waals surface area (Å²) in [6, 6.07) is 1.87. The summed E-state index contributed by atoms with van der Waals surface area (Å²) in [5, 5.41) is 6.37. The first-order valence-corrected chi connectivity index (χ1v) is 5.68. The van der Waals surface area contributed by atoms with Crippen molar-refractivity contribution in [3.8, 4) is 0 Å². The largest absolute Gasteiger partial charge is 0.369 e. The van der Waals surface area contributed by atoms with Crippen LogP contribution in [0.15, 0.2) is 25.0 Å². The molecule has 17 heavy (non-hydrogen) atoms. The van der Waals surface area contributed by atoms with E-state index in [0.29, 0.717) is 13.1 Å². The Morgan fingerprint density at radius 2 is 2.00 bits per heavy atom. The van der Waals surface area contributed by atoms with Gasteiger partial charge in [-0.25, -0.2) is 9.97 Å². The van der Waals surface area contributed by atoms with Crippen LogP contribution in [-0.4, -0.2) is 29.6 Å². The van der Waals surface area contributed by atoms with Gasteiger partial charge in [0.15, 0.2) is 0 Å². The summed E-state index contributed by atoms with van der Waals surface area (Å²) in [5.74, 6) is 1.58. The molecule has 0 radical (unpaired) electrons. The van der Waals surface area contributed by atoms with E-state index < -0.39 is 0 Å². The third kappa shape index (κ3) is 4.82. The quantitative estimate of drug-likeness (QED) is 0.624. The Morgan fingerprint density at radius 1 is 1.35 bits per heavy atom. The van der Waals surface area contributed by atoms with Crippen molar-refractivity contribution in [2.24, 2.45) is 11.1 Å².